The van der Waals surface area contributed by atoms with Crippen molar-refractivity contribution in [3.05, 3.63) is 47.8 Å². The van der Waals surface area contributed by atoms with Crippen LogP contribution >= 0.6 is 0 Å². The molecule has 1 fully saturated rings. The largest absolute Gasteiger partial charge is 0.392 e. The number of nitrogens with zero attached hydrogens (tertiary/aromatic N) is 4. The molecule has 6 heteroatoms. The predicted molar refractivity (Wildman–Crippen MR) is 85.0 cm³/mol. The van der Waals surface area contributed by atoms with Crippen LogP contribution in [0.2, 0.25) is 0 Å². The van der Waals surface area contributed by atoms with Crippen molar-refractivity contribution >= 4 is 0 Å². The third kappa shape index (κ3) is 3.76. The van der Waals surface area contributed by atoms with E-state index in [0.717, 1.165) is 17.9 Å². The van der Waals surface area contributed by atoms with Gasteiger partial charge in [-0.3, -0.25) is 4.90 Å². The van der Waals surface area contributed by atoms with Crippen LogP contribution in [0.25, 0.3) is 0 Å². The average Bonchev–Trinajstić information content (AvgIpc) is 3.07. The van der Waals surface area contributed by atoms with Crippen molar-refractivity contribution in [2.75, 3.05) is 6.54 Å². The summed E-state index contributed by atoms with van der Waals surface area (Å²) in [5.41, 5.74) is 1.03. The van der Waals surface area contributed by atoms with Crippen molar-refractivity contribution < 1.29 is 9.50 Å². The van der Waals surface area contributed by atoms with E-state index < -0.39 is 0 Å². The molecule has 124 valence electrons. The van der Waals surface area contributed by atoms with E-state index in [1.54, 1.807) is 18.5 Å². The van der Waals surface area contributed by atoms with E-state index >= 15 is 0 Å². The molecular weight excluding hydrogens is 295 g/mol. The van der Waals surface area contributed by atoms with Gasteiger partial charge in [0.1, 0.15) is 18.0 Å². The molecule has 1 aromatic heterocycles. The third-order valence-corrected chi connectivity index (χ3v) is 4.21. The molecule has 0 bridgehead atoms. The average molecular weight is 318 g/mol. The molecule has 0 spiro atoms. The summed E-state index contributed by atoms with van der Waals surface area (Å²) in [6, 6.07) is 6.61. The van der Waals surface area contributed by atoms with Crippen LogP contribution in [0, 0.1) is 11.7 Å². The molecule has 1 aliphatic heterocycles. The zero-order valence-electron chi connectivity index (χ0n) is 13.6. The van der Waals surface area contributed by atoms with E-state index in [2.05, 4.69) is 28.8 Å². The Balaban J connectivity index is 1.78. The molecule has 0 aliphatic carbocycles. The first-order valence-corrected chi connectivity index (χ1v) is 8.07. The summed E-state index contributed by atoms with van der Waals surface area (Å²) >= 11 is 0. The maximum Gasteiger partial charge on any atom is 0.141 e. The van der Waals surface area contributed by atoms with Gasteiger partial charge in [0.15, 0.2) is 0 Å². The van der Waals surface area contributed by atoms with Crippen LogP contribution in [0.1, 0.15) is 37.7 Å². The standard InChI is InChI=1S/C17H23FN4O/c1-12(2)8-22-17(19-11-20-22)10-21-9-15(23)7-16(21)13-3-5-14(18)6-4-13/h3-6,11-12,15-16,23H,7-10H2,1-2H3/t15-,16+/m0/s1. The van der Waals surface area contributed by atoms with E-state index in [-0.39, 0.29) is 18.0 Å². The number of halogens is 1. The van der Waals surface area contributed by atoms with Crippen LogP contribution in [0.5, 0.6) is 0 Å². The first-order valence-electron chi connectivity index (χ1n) is 8.07. The summed E-state index contributed by atoms with van der Waals surface area (Å²) in [4.78, 5) is 6.56. The Hall–Kier alpha value is -1.79. The maximum atomic E-state index is 13.1. The molecule has 0 radical (unpaired) electrons. The minimum absolute atomic E-state index is 0.0785. The quantitative estimate of drug-likeness (QED) is 0.920. The SMILES string of the molecule is CC(C)Cn1ncnc1CN1C[C@@H](O)C[C@@H]1c1ccc(F)cc1. The molecule has 0 saturated carbocycles. The number of aromatic nitrogens is 3. The van der Waals surface area contributed by atoms with Gasteiger partial charge in [0, 0.05) is 19.1 Å². The van der Waals surface area contributed by atoms with E-state index in [1.165, 1.54) is 12.1 Å². The number of aliphatic hydroxyl groups excluding tert-OH is 1. The lowest BCUT2D eigenvalue weighted by Crippen LogP contribution is -2.26. The van der Waals surface area contributed by atoms with E-state index in [0.29, 0.717) is 25.4 Å². The lowest BCUT2D eigenvalue weighted by Gasteiger charge is -2.24. The van der Waals surface area contributed by atoms with Gasteiger partial charge < -0.3 is 5.11 Å². The van der Waals surface area contributed by atoms with Crippen molar-refractivity contribution in [3.8, 4) is 0 Å². The van der Waals surface area contributed by atoms with Crippen molar-refractivity contribution in [1.29, 1.82) is 0 Å². The second-order valence-electron chi connectivity index (χ2n) is 6.64. The highest BCUT2D eigenvalue weighted by Crippen LogP contribution is 2.33. The monoisotopic (exact) mass is 318 g/mol. The molecule has 0 unspecified atom stereocenters. The topological polar surface area (TPSA) is 54.2 Å². The summed E-state index contributed by atoms with van der Waals surface area (Å²) in [6.07, 6.45) is 1.87. The fraction of sp³-hybridized carbons (Fsp3) is 0.529. The predicted octanol–water partition coefficient (Wildman–Crippen LogP) is 2.38. The van der Waals surface area contributed by atoms with Gasteiger partial charge >= 0.3 is 0 Å². The van der Waals surface area contributed by atoms with E-state index in [9.17, 15) is 9.50 Å². The van der Waals surface area contributed by atoms with Crippen LogP contribution in [0.15, 0.2) is 30.6 Å². The molecule has 1 N–H and O–H groups in total. The number of hydrogen-bond donors (Lipinski definition) is 1. The fourth-order valence-corrected chi connectivity index (χ4v) is 3.18. The first-order chi connectivity index (χ1) is 11.0. The molecular formula is C17H23FN4O. The molecule has 23 heavy (non-hydrogen) atoms. The van der Waals surface area contributed by atoms with Crippen molar-refractivity contribution in [3.63, 3.8) is 0 Å². The Labute approximate surface area is 135 Å². The summed E-state index contributed by atoms with van der Waals surface area (Å²) in [5.74, 6) is 1.16. The smallest absolute Gasteiger partial charge is 0.141 e. The number of likely N-dealkylation sites (tertiary alicyclic amines) is 1. The minimum atomic E-state index is -0.369. The highest BCUT2D eigenvalue weighted by atomic mass is 19.1. The molecule has 2 heterocycles. The van der Waals surface area contributed by atoms with Gasteiger partial charge in [-0.15, -0.1) is 0 Å². The summed E-state index contributed by atoms with van der Waals surface area (Å²) in [6.45, 7) is 6.34. The molecule has 2 atom stereocenters. The van der Waals surface area contributed by atoms with Crippen LogP contribution in [0.4, 0.5) is 4.39 Å². The molecule has 0 amide bonds. The van der Waals surface area contributed by atoms with Crippen LogP contribution in [-0.4, -0.2) is 37.4 Å². The third-order valence-electron chi connectivity index (χ3n) is 4.21. The highest BCUT2D eigenvalue weighted by molar-refractivity contribution is 5.21. The second-order valence-corrected chi connectivity index (χ2v) is 6.64. The Kier molecular flexibility index (Phi) is 4.73. The highest BCUT2D eigenvalue weighted by Gasteiger charge is 2.32. The summed E-state index contributed by atoms with van der Waals surface area (Å²) in [5, 5.41) is 14.4. The van der Waals surface area contributed by atoms with Gasteiger partial charge in [0.05, 0.1) is 12.6 Å². The molecule has 1 saturated heterocycles. The van der Waals surface area contributed by atoms with Crippen molar-refractivity contribution in [2.45, 2.75) is 45.5 Å². The number of rotatable bonds is 5. The summed E-state index contributed by atoms with van der Waals surface area (Å²) in [7, 11) is 0. The van der Waals surface area contributed by atoms with Gasteiger partial charge in [-0.1, -0.05) is 26.0 Å². The molecule has 1 aromatic carbocycles. The lowest BCUT2D eigenvalue weighted by atomic mass is 10.0. The fourth-order valence-electron chi connectivity index (χ4n) is 3.18. The summed E-state index contributed by atoms with van der Waals surface area (Å²) < 4.78 is 15.1. The van der Waals surface area contributed by atoms with E-state index in [1.807, 2.05) is 4.68 Å². The number of benzene rings is 1. The normalized spacial score (nSPS) is 22.1. The van der Waals surface area contributed by atoms with Gasteiger partial charge in [0.25, 0.3) is 0 Å². The zero-order valence-corrected chi connectivity index (χ0v) is 13.6. The zero-order chi connectivity index (χ0) is 16.4. The maximum absolute atomic E-state index is 13.1. The van der Waals surface area contributed by atoms with Crippen LogP contribution in [0.3, 0.4) is 0 Å². The first kappa shape index (κ1) is 16.1. The Bertz CT molecular complexity index is 640. The van der Waals surface area contributed by atoms with Gasteiger partial charge in [-0.25, -0.2) is 14.1 Å². The molecule has 1 aliphatic rings. The van der Waals surface area contributed by atoms with E-state index in [4.69, 9.17) is 0 Å². The Morgan fingerprint density at radius 3 is 2.74 bits per heavy atom. The van der Waals surface area contributed by atoms with Crippen LogP contribution < -0.4 is 0 Å². The van der Waals surface area contributed by atoms with Crippen LogP contribution in [-0.2, 0) is 13.1 Å². The number of hydrogen-bond acceptors (Lipinski definition) is 4. The Morgan fingerprint density at radius 1 is 1.30 bits per heavy atom. The van der Waals surface area contributed by atoms with Gasteiger partial charge in [0.2, 0.25) is 0 Å². The second kappa shape index (κ2) is 6.76. The number of aliphatic hydroxyl groups is 1. The number of β-amino-alcohol motifs (C(OH)–C–C–N with tert-alkyl or cyclic N) is 1. The minimum Gasteiger partial charge on any atom is -0.392 e. The van der Waals surface area contributed by atoms with Crippen molar-refractivity contribution in [1.82, 2.24) is 19.7 Å². The molecule has 5 nitrogen and oxygen atoms in total. The van der Waals surface area contributed by atoms with Crippen molar-refractivity contribution in [2.24, 2.45) is 5.92 Å². The molecule has 2 aromatic rings. The Morgan fingerprint density at radius 2 is 2.04 bits per heavy atom. The lowest BCUT2D eigenvalue weighted by molar-refractivity contribution is 0.170. The molecule has 3 rings (SSSR count). The van der Waals surface area contributed by atoms with Gasteiger partial charge in [-0.2, -0.15) is 5.10 Å². The van der Waals surface area contributed by atoms with Gasteiger partial charge in [-0.05, 0) is 30.0 Å².